The SMILES string of the molecule is CC(C)[C@@H](N)C(=O)NCC1CCC1. The normalized spacial score (nSPS) is 19.7. The molecule has 1 saturated carbocycles. The van der Waals surface area contributed by atoms with Crippen molar-refractivity contribution in [2.45, 2.75) is 39.2 Å². The Morgan fingerprint density at radius 3 is 2.54 bits per heavy atom. The second kappa shape index (κ2) is 4.61. The zero-order valence-corrected chi connectivity index (χ0v) is 8.55. The van der Waals surface area contributed by atoms with Crippen molar-refractivity contribution in [1.82, 2.24) is 5.32 Å². The fraction of sp³-hybridized carbons (Fsp3) is 0.900. The van der Waals surface area contributed by atoms with Crippen molar-refractivity contribution in [2.75, 3.05) is 6.54 Å². The van der Waals surface area contributed by atoms with Gasteiger partial charge in [-0.15, -0.1) is 0 Å². The molecule has 0 spiro atoms. The summed E-state index contributed by atoms with van der Waals surface area (Å²) in [6.45, 7) is 4.75. The average Bonchev–Trinajstić information content (AvgIpc) is 1.99. The summed E-state index contributed by atoms with van der Waals surface area (Å²) >= 11 is 0. The number of amides is 1. The molecule has 1 aliphatic carbocycles. The number of nitrogens with one attached hydrogen (secondary N) is 1. The van der Waals surface area contributed by atoms with Crippen molar-refractivity contribution >= 4 is 5.91 Å². The zero-order chi connectivity index (χ0) is 9.84. The minimum absolute atomic E-state index is 0.00176. The van der Waals surface area contributed by atoms with Gasteiger partial charge in [0.2, 0.25) is 5.91 Å². The molecule has 76 valence electrons. The highest BCUT2D eigenvalue weighted by molar-refractivity contribution is 5.81. The molecule has 3 heteroatoms. The van der Waals surface area contributed by atoms with E-state index in [1.165, 1.54) is 19.3 Å². The Morgan fingerprint density at radius 1 is 1.54 bits per heavy atom. The van der Waals surface area contributed by atoms with Crippen molar-refractivity contribution in [3.05, 3.63) is 0 Å². The van der Waals surface area contributed by atoms with Crippen LogP contribution in [0.25, 0.3) is 0 Å². The summed E-state index contributed by atoms with van der Waals surface area (Å²) in [5.41, 5.74) is 5.69. The van der Waals surface area contributed by atoms with E-state index in [-0.39, 0.29) is 17.9 Å². The van der Waals surface area contributed by atoms with Gasteiger partial charge in [0.25, 0.3) is 0 Å². The maximum atomic E-state index is 11.4. The first-order chi connectivity index (χ1) is 6.11. The van der Waals surface area contributed by atoms with E-state index < -0.39 is 0 Å². The van der Waals surface area contributed by atoms with Gasteiger partial charge in [0.05, 0.1) is 6.04 Å². The largest absolute Gasteiger partial charge is 0.354 e. The van der Waals surface area contributed by atoms with E-state index in [2.05, 4.69) is 5.32 Å². The van der Waals surface area contributed by atoms with Crippen LogP contribution in [0.5, 0.6) is 0 Å². The third-order valence-corrected chi connectivity index (χ3v) is 2.81. The van der Waals surface area contributed by atoms with Gasteiger partial charge in [-0.2, -0.15) is 0 Å². The Kier molecular flexibility index (Phi) is 3.72. The van der Waals surface area contributed by atoms with Crippen LogP contribution in [-0.2, 0) is 4.79 Å². The first kappa shape index (κ1) is 10.5. The fourth-order valence-electron chi connectivity index (χ4n) is 1.36. The van der Waals surface area contributed by atoms with E-state index in [1.54, 1.807) is 0 Å². The van der Waals surface area contributed by atoms with E-state index in [1.807, 2.05) is 13.8 Å². The molecule has 1 aliphatic rings. The third kappa shape index (κ3) is 2.99. The van der Waals surface area contributed by atoms with Gasteiger partial charge < -0.3 is 11.1 Å². The van der Waals surface area contributed by atoms with Crippen LogP contribution in [-0.4, -0.2) is 18.5 Å². The van der Waals surface area contributed by atoms with Crippen LogP contribution < -0.4 is 11.1 Å². The van der Waals surface area contributed by atoms with Crippen LogP contribution in [0.4, 0.5) is 0 Å². The number of hydrogen-bond donors (Lipinski definition) is 2. The molecule has 1 rings (SSSR count). The molecular formula is C10H20N2O. The molecule has 0 radical (unpaired) electrons. The van der Waals surface area contributed by atoms with Crippen molar-refractivity contribution in [1.29, 1.82) is 0 Å². The van der Waals surface area contributed by atoms with E-state index in [0.717, 1.165) is 6.54 Å². The third-order valence-electron chi connectivity index (χ3n) is 2.81. The Balaban J connectivity index is 2.16. The van der Waals surface area contributed by atoms with Crippen molar-refractivity contribution in [3.63, 3.8) is 0 Å². The second-order valence-corrected chi connectivity index (χ2v) is 4.31. The standard InChI is InChI=1S/C10H20N2O/c1-7(2)9(11)10(13)12-6-8-4-3-5-8/h7-9H,3-6,11H2,1-2H3,(H,12,13)/t9-/m1/s1. The van der Waals surface area contributed by atoms with Crippen LogP contribution in [0.15, 0.2) is 0 Å². The van der Waals surface area contributed by atoms with E-state index in [0.29, 0.717) is 5.92 Å². The highest BCUT2D eigenvalue weighted by Crippen LogP contribution is 2.25. The van der Waals surface area contributed by atoms with Gasteiger partial charge in [-0.05, 0) is 24.7 Å². The van der Waals surface area contributed by atoms with E-state index in [9.17, 15) is 4.79 Å². The minimum Gasteiger partial charge on any atom is -0.354 e. The molecule has 0 aliphatic heterocycles. The van der Waals surface area contributed by atoms with Crippen LogP contribution in [0, 0.1) is 11.8 Å². The van der Waals surface area contributed by atoms with Crippen LogP contribution in [0.2, 0.25) is 0 Å². The molecular weight excluding hydrogens is 164 g/mol. The lowest BCUT2D eigenvalue weighted by atomic mass is 9.85. The van der Waals surface area contributed by atoms with Crippen LogP contribution in [0.3, 0.4) is 0 Å². The maximum Gasteiger partial charge on any atom is 0.237 e. The first-order valence-corrected chi connectivity index (χ1v) is 5.14. The number of hydrogen-bond acceptors (Lipinski definition) is 2. The Labute approximate surface area is 80.1 Å². The molecule has 3 N–H and O–H groups in total. The van der Waals surface area contributed by atoms with Crippen LogP contribution >= 0.6 is 0 Å². The lowest BCUT2D eigenvalue weighted by Crippen LogP contribution is -2.45. The van der Waals surface area contributed by atoms with Gasteiger partial charge in [0.15, 0.2) is 0 Å². The van der Waals surface area contributed by atoms with Gasteiger partial charge in [0.1, 0.15) is 0 Å². The van der Waals surface area contributed by atoms with Gasteiger partial charge in [-0.3, -0.25) is 4.79 Å². The maximum absolute atomic E-state index is 11.4. The molecule has 0 aromatic heterocycles. The number of carbonyl (C=O) groups excluding carboxylic acids is 1. The van der Waals surface area contributed by atoms with Crippen molar-refractivity contribution in [2.24, 2.45) is 17.6 Å². The van der Waals surface area contributed by atoms with Crippen molar-refractivity contribution in [3.8, 4) is 0 Å². The Morgan fingerprint density at radius 2 is 2.15 bits per heavy atom. The van der Waals surface area contributed by atoms with Gasteiger partial charge in [0, 0.05) is 6.54 Å². The van der Waals surface area contributed by atoms with E-state index in [4.69, 9.17) is 5.73 Å². The average molecular weight is 184 g/mol. The zero-order valence-electron chi connectivity index (χ0n) is 8.55. The molecule has 0 heterocycles. The summed E-state index contributed by atoms with van der Waals surface area (Å²) < 4.78 is 0. The molecule has 0 aromatic rings. The topological polar surface area (TPSA) is 55.1 Å². The van der Waals surface area contributed by atoms with E-state index >= 15 is 0 Å². The summed E-state index contributed by atoms with van der Waals surface area (Å²) in [6.07, 6.45) is 3.84. The predicted molar refractivity (Wildman–Crippen MR) is 53.2 cm³/mol. The predicted octanol–water partition coefficient (Wildman–Crippen LogP) is 0.886. The van der Waals surface area contributed by atoms with Gasteiger partial charge >= 0.3 is 0 Å². The molecule has 0 bridgehead atoms. The Bertz CT molecular complexity index is 176. The summed E-state index contributed by atoms with van der Waals surface area (Å²) in [7, 11) is 0. The molecule has 3 nitrogen and oxygen atoms in total. The fourth-order valence-corrected chi connectivity index (χ4v) is 1.36. The Hall–Kier alpha value is -0.570. The summed E-state index contributed by atoms with van der Waals surface area (Å²) in [4.78, 5) is 11.4. The quantitative estimate of drug-likeness (QED) is 0.681. The molecule has 0 aromatic carbocycles. The smallest absolute Gasteiger partial charge is 0.237 e. The lowest BCUT2D eigenvalue weighted by molar-refractivity contribution is -0.123. The molecule has 1 amide bonds. The highest BCUT2D eigenvalue weighted by Gasteiger charge is 2.21. The molecule has 0 unspecified atom stereocenters. The summed E-state index contributed by atoms with van der Waals surface area (Å²) in [5.74, 6) is 0.937. The van der Waals surface area contributed by atoms with Crippen LogP contribution in [0.1, 0.15) is 33.1 Å². The van der Waals surface area contributed by atoms with Gasteiger partial charge in [-0.1, -0.05) is 20.3 Å². The van der Waals surface area contributed by atoms with Gasteiger partial charge in [-0.25, -0.2) is 0 Å². The van der Waals surface area contributed by atoms with Crippen molar-refractivity contribution < 1.29 is 4.79 Å². The highest BCUT2D eigenvalue weighted by atomic mass is 16.2. The number of carbonyl (C=O) groups is 1. The lowest BCUT2D eigenvalue weighted by Gasteiger charge is -2.26. The summed E-state index contributed by atoms with van der Waals surface area (Å²) in [6, 6.07) is -0.347. The first-order valence-electron chi connectivity index (χ1n) is 5.14. The number of rotatable bonds is 4. The summed E-state index contributed by atoms with van der Waals surface area (Å²) in [5, 5.41) is 2.90. The molecule has 13 heavy (non-hydrogen) atoms. The number of nitrogens with two attached hydrogens (primary N) is 1. The minimum atomic E-state index is -0.347. The molecule has 0 saturated heterocycles. The monoisotopic (exact) mass is 184 g/mol. The molecule has 1 atom stereocenters. The second-order valence-electron chi connectivity index (χ2n) is 4.31. The molecule has 1 fully saturated rings.